The highest BCUT2D eigenvalue weighted by molar-refractivity contribution is 5.81. The van der Waals surface area contributed by atoms with Crippen molar-refractivity contribution in [1.29, 1.82) is 0 Å². The van der Waals surface area contributed by atoms with Gasteiger partial charge >= 0.3 is 0 Å². The van der Waals surface area contributed by atoms with E-state index >= 15 is 0 Å². The molecule has 14 heavy (non-hydrogen) atoms. The highest BCUT2D eigenvalue weighted by Gasteiger charge is 2.01. The van der Waals surface area contributed by atoms with Crippen LogP contribution in [0.5, 0.6) is 0 Å². The number of ether oxygens (including phenoxy) is 1. The average molecular weight is 203 g/mol. The topological polar surface area (TPSA) is 71.1 Å². The van der Waals surface area contributed by atoms with E-state index in [-0.39, 0.29) is 5.84 Å². The Hall–Kier alpha value is -0.810. The Kier molecular flexibility index (Phi) is 7.14. The molecule has 0 saturated carbocycles. The van der Waals surface area contributed by atoms with Gasteiger partial charge in [-0.15, -0.1) is 0 Å². The van der Waals surface area contributed by atoms with Gasteiger partial charge in [-0.25, -0.2) is 0 Å². The fraction of sp³-hybridized carbons (Fsp3) is 0.889. The molecule has 0 fully saturated rings. The predicted molar refractivity (Wildman–Crippen MR) is 56.6 cm³/mol. The lowest BCUT2D eigenvalue weighted by atomic mass is 10.2. The molecule has 0 aliphatic rings. The predicted octanol–water partition coefficient (Wildman–Crippen LogP) is 0.337. The zero-order chi connectivity index (χ0) is 11.0. The summed E-state index contributed by atoms with van der Waals surface area (Å²) in [6, 6.07) is 0. The maximum atomic E-state index is 8.33. The standard InChI is InChI=1S/C9H21N3O2/c1-8(2)7-14-5-4-12(3)6-9(10)11-13/h8,13H,4-7H2,1-3H3,(H2,10,11). The molecule has 0 spiro atoms. The minimum Gasteiger partial charge on any atom is -0.409 e. The smallest absolute Gasteiger partial charge is 0.153 e. The number of hydrogen-bond acceptors (Lipinski definition) is 4. The van der Waals surface area contributed by atoms with Crippen LogP contribution in [0.1, 0.15) is 13.8 Å². The number of amidine groups is 1. The van der Waals surface area contributed by atoms with Crippen molar-refractivity contribution in [3.63, 3.8) is 0 Å². The van der Waals surface area contributed by atoms with Gasteiger partial charge in [0.15, 0.2) is 5.84 Å². The number of likely N-dealkylation sites (N-methyl/N-ethyl adjacent to an activating group) is 1. The maximum Gasteiger partial charge on any atom is 0.153 e. The normalized spacial score (nSPS) is 12.8. The van der Waals surface area contributed by atoms with E-state index < -0.39 is 0 Å². The summed E-state index contributed by atoms with van der Waals surface area (Å²) in [7, 11) is 1.90. The fourth-order valence-electron chi connectivity index (χ4n) is 0.927. The Bertz CT molecular complexity index is 171. The highest BCUT2D eigenvalue weighted by Crippen LogP contribution is 1.92. The second-order valence-electron chi connectivity index (χ2n) is 3.80. The van der Waals surface area contributed by atoms with E-state index in [0.717, 1.165) is 13.2 Å². The van der Waals surface area contributed by atoms with Gasteiger partial charge in [0, 0.05) is 13.2 Å². The molecule has 0 atom stereocenters. The first-order chi connectivity index (χ1) is 6.56. The molecule has 0 aromatic carbocycles. The number of hydrogen-bond donors (Lipinski definition) is 2. The first-order valence-electron chi connectivity index (χ1n) is 4.79. The third-order valence-electron chi connectivity index (χ3n) is 1.63. The van der Waals surface area contributed by atoms with E-state index in [1.54, 1.807) is 0 Å². The Balaban J connectivity index is 3.40. The van der Waals surface area contributed by atoms with Crippen molar-refractivity contribution in [2.45, 2.75) is 13.8 Å². The zero-order valence-electron chi connectivity index (χ0n) is 9.23. The largest absolute Gasteiger partial charge is 0.409 e. The Labute approximate surface area is 85.5 Å². The van der Waals surface area contributed by atoms with E-state index in [0.29, 0.717) is 19.1 Å². The van der Waals surface area contributed by atoms with Crippen LogP contribution in [0.4, 0.5) is 0 Å². The minimum absolute atomic E-state index is 0.219. The van der Waals surface area contributed by atoms with E-state index in [9.17, 15) is 0 Å². The summed E-state index contributed by atoms with van der Waals surface area (Å²) < 4.78 is 5.40. The second-order valence-corrected chi connectivity index (χ2v) is 3.80. The summed E-state index contributed by atoms with van der Waals surface area (Å²) in [5, 5.41) is 11.2. The summed E-state index contributed by atoms with van der Waals surface area (Å²) in [5.41, 5.74) is 5.34. The van der Waals surface area contributed by atoms with Crippen LogP contribution in [-0.4, -0.2) is 49.3 Å². The third-order valence-corrected chi connectivity index (χ3v) is 1.63. The van der Waals surface area contributed by atoms with Crippen molar-refractivity contribution in [1.82, 2.24) is 4.90 Å². The van der Waals surface area contributed by atoms with Crippen LogP contribution >= 0.6 is 0 Å². The van der Waals surface area contributed by atoms with Crippen LogP contribution in [0.25, 0.3) is 0 Å². The summed E-state index contributed by atoms with van der Waals surface area (Å²) in [6.07, 6.45) is 0. The molecule has 0 saturated heterocycles. The molecular weight excluding hydrogens is 182 g/mol. The lowest BCUT2D eigenvalue weighted by Gasteiger charge is -2.15. The molecule has 5 nitrogen and oxygen atoms in total. The van der Waals surface area contributed by atoms with Gasteiger partial charge < -0.3 is 15.7 Å². The highest BCUT2D eigenvalue weighted by atomic mass is 16.5. The van der Waals surface area contributed by atoms with E-state index in [1.165, 1.54) is 0 Å². The molecule has 0 bridgehead atoms. The molecule has 3 N–H and O–H groups in total. The molecule has 0 unspecified atom stereocenters. The number of nitrogens with two attached hydrogens (primary N) is 1. The number of oxime groups is 1. The molecule has 5 heteroatoms. The van der Waals surface area contributed by atoms with Gasteiger partial charge in [0.2, 0.25) is 0 Å². The van der Waals surface area contributed by atoms with Crippen molar-refractivity contribution in [2.75, 3.05) is 33.4 Å². The lowest BCUT2D eigenvalue weighted by Crippen LogP contribution is -2.33. The number of nitrogens with zero attached hydrogens (tertiary/aromatic N) is 2. The molecule has 0 amide bonds. The summed E-state index contributed by atoms with van der Waals surface area (Å²) >= 11 is 0. The van der Waals surface area contributed by atoms with Gasteiger partial charge in [-0.3, -0.25) is 4.90 Å². The lowest BCUT2D eigenvalue weighted by molar-refractivity contribution is 0.0944. The van der Waals surface area contributed by atoms with Gasteiger partial charge in [-0.05, 0) is 13.0 Å². The monoisotopic (exact) mass is 203 g/mol. The van der Waals surface area contributed by atoms with Gasteiger partial charge in [0.25, 0.3) is 0 Å². The summed E-state index contributed by atoms with van der Waals surface area (Å²) in [4.78, 5) is 1.94. The molecule has 0 rings (SSSR count). The van der Waals surface area contributed by atoms with Crippen molar-refractivity contribution in [3.8, 4) is 0 Å². The molecule has 0 radical (unpaired) electrons. The zero-order valence-corrected chi connectivity index (χ0v) is 9.23. The van der Waals surface area contributed by atoms with Gasteiger partial charge in [-0.2, -0.15) is 0 Å². The number of rotatable bonds is 7. The van der Waals surface area contributed by atoms with Crippen LogP contribution in [0.3, 0.4) is 0 Å². The molecular formula is C9H21N3O2. The quantitative estimate of drug-likeness (QED) is 0.206. The summed E-state index contributed by atoms with van der Waals surface area (Å²) in [5.74, 6) is 0.778. The van der Waals surface area contributed by atoms with Crippen LogP contribution < -0.4 is 5.73 Å². The van der Waals surface area contributed by atoms with E-state index in [2.05, 4.69) is 19.0 Å². The molecule has 84 valence electrons. The average Bonchev–Trinajstić information content (AvgIpc) is 2.12. The van der Waals surface area contributed by atoms with Crippen LogP contribution in [0.2, 0.25) is 0 Å². The second kappa shape index (κ2) is 7.58. The van der Waals surface area contributed by atoms with Crippen molar-refractivity contribution in [3.05, 3.63) is 0 Å². The Morgan fingerprint density at radius 1 is 1.57 bits per heavy atom. The van der Waals surface area contributed by atoms with Gasteiger partial charge in [0.05, 0.1) is 13.2 Å². The van der Waals surface area contributed by atoms with Crippen LogP contribution in [0.15, 0.2) is 5.16 Å². The van der Waals surface area contributed by atoms with Gasteiger partial charge in [0.1, 0.15) is 0 Å². The molecule has 0 aromatic rings. The maximum absolute atomic E-state index is 8.33. The molecule has 0 aliphatic heterocycles. The first kappa shape index (κ1) is 13.2. The van der Waals surface area contributed by atoms with Crippen molar-refractivity contribution < 1.29 is 9.94 Å². The SMILES string of the molecule is CC(C)COCCN(C)CC(N)=NO. The molecule has 0 aliphatic carbocycles. The molecule has 0 heterocycles. The Morgan fingerprint density at radius 2 is 2.21 bits per heavy atom. The van der Waals surface area contributed by atoms with Crippen LogP contribution in [-0.2, 0) is 4.74 Å². The van der Waals surface area contributed by atoms with Crippen LogP contribution in [0, 0.1) is 5.92 Å². The molecule has 0 aromatic heterocycles. The van der Waals surface area contributed by atoms with Crippen molar-refractivity contribution >= 4 is 5.84 Å². The Morgan fingerprint density at radius 3 is 2.71 bits per heavy atom. The fourth-order valence-corrected chi connectivity index (χ4v) is 0.927. The third kappa shape index (κ3) is 7.82. The van der Waals surface area contributed by atoms with E-state index in [1.807, 2.05) is 11.9 Å². The summed E-state index contributed by atoms with van der Waals surface area (Å²) in [6.45, 7) is 6.91. The van der Waals surface area contributed by atoms with Crippen molar-refractivity contribution in [2.24, 2.45) is 16.8 Å². The van der Waals surface area contributed by atoms with E-state index in [4.69, 9.17) is 15.7 Å². The first-order valence-corrected chi connectivity index (χ1v) is 4.79. The van der Waals surface area contributed by atoms with Gasteiger partial charge in [-0.1, -0.05) is 19.0 Å². The minimum atomic E-state index is 0.219.